The molecule has 0 bridgehead atoms. The number of hydrogen-bond donors (Lipinski definition) is 1. The SMILES string of the molecule is CCc1ccccc1N(CC(=O)Nc1ccc2c(c1)OCCO2)S(=O)(=O)c1ccccc1. The molecular formula is C24H24N2O5S. The molecule has 4 rings (SSSR count). The van der Waals surface area contributed by atoms with E-state index in [0.29, 0.717) is 42.5 Å². The van der Waals surface area contributed by atoms with E-state index in [4.69, 9.17) is 9.47 Å². The number of hydrogen-bond acceptors (Lipinski definition) is 5. The van der Waals surface area contributed by atoms with Crippen molar-refractivity contribution >= 4 is 27.3 Å². The van der Waals surface area contributed by atoms with Gasteiger partial charge in [0.1, 0.15) is 19.8 Å². The number of rotatable bonds is 7. The molecule has 32 heavy (non-hydrogen) atoms. The first-order valence-electron chi connectivity index (χ1n) is 10.3. The number of carbonyl (C=O) groups excluding carboxylic acids is 1. The molecule has 8 heteroatoms. The van der Waals surface area contributed by atoms with Crippen molar-refractivity contribution < 1.29 is 22.7 Å². The Morgan fingerprint density at radius 2 is 1.62 bits per heavy atom. The smallest absolute Gasteiger partial charge is 0.264 e. The standard InChI is InChI=1S/C24H24N2O5S/c1-2-18-8-6-7-11-21(18)26(32(28,29)20-9-4-3-5-10-20)17-24(27)25-19-12-13-22-23(16-19)31-15-14-30-22/h3-13,16H,2,14-15,17H2,1H3,(H,25,27). The van der Waals surface area contributed by atoms with Crippen LogP contribution >= 0.6 is 0 Å². The van der Waals surface area contributed by atoms with Crippen LogP contribution < -0.4 is 19.1 Å². The molecule has 0 saturated heterocycles. The lowest BCUT2D eigenvalue weighted by Crippen LogP contribution is -2.38. The number of aryl methyl sites for hydroxylation is 1. The Kier molecular flexibility index (Phi) is 6.32. The first-order chi connectivity index (χ1) is 15.5. The van der Waals surface area contributed by atoms with Crippen molar-refractivity contribution in [1.82, 2.24) is 0 Å². The van der Waals surface area contributed by atoms with Gasteiger partial charge in [-0.2, -0.15) is 0 Å². The lowest BCUT2D eigenvalue weighted by molar-refractivity contribution is -0.114. The van der Waals surface area contributed by atoms with Crippen molar-refractivity contribution in [2.24, 2.45) is 0 Å². The van der Waals surface area contributed by atoms with Crippen molar-refractivity contribution in [3.05, 3.63) is 78.4 Å². The number of nitrogens with zero attached hydrogens (tertiary/aromatic N) is 1. The normalized spacial score (nSPS) is 12.8. The fourth-order valence-electron chi connectivity index (χ4n) is 3.52. The average Bonchev–Trinajstić information content (AvgIpc) is 2.83. The van der Waals surface area contributed by atoms with E-state index in [-0.39, 0.29) is 11.4 Å². The maximum Gasteiger partial charge on any atom is 0.264 e. The topological polar surface area (TPSA) is 84.9 Å². The van der Waals surface area contributed by atoms with Gasteiger partial charge < -0.3 is 14.8 Å². The molecule has 1 N–H and O–H groups in total. The molecule has 0 spiro atoms. The van der Waals surface area contributed by atoms with Crippen molar-refractivity contribution in [1.29, 1.82) is 0 Å². The lowest BCUT2D eigenvalue weighted by Gasteiger charge is -2.26. The van der Waals surface area contributed by atoms with Crippen LogP contribution in [0.2, 0.25) is 0 Å². The third-order valence-electron chi connectivity index (χ3n) is 5.09. The van der Waals surface area contributed by atoms with Gasteiger partial charge in [0.25, 0.3) is 10.0 Å². The second kappa shape index (κ2) is 9.32. The summed E-state index contributed by atoms with van der Waals surface area (Å²) in [6.07, 6.45) is 0.626. The molecule has 0 atom stereocenters. The van der Waals surface area contributed by atoms with Crippen molar-refractivity contribution in [2.75, 3.05) is 29.4 Å². The number of anilines is 2. The van der Waals surface area contributed by atoms with Gasteiger partial charge in [-0.05, 0) is 42.3 Å². The summed E-state index contributed by atoms with van der Waals surface area (Å²) < 4.78 is 39.2. The number of ether oxygens (including phenoxy) is 2. The zero-order valence-corrected chi connectivity index (χ0v) is 18.5. The number of carbonyl (C=O) groups is 1. The van der Waals surface area contributed by atoms with E-state index < -0.39 is 15.9 Å². The number of para-hydroxylation sites is 1. The first kappa shape index (κ1) is 21.7. The van der Waals surface area contributed by atoms with Gasteiger partial charge in [-0.3, -0.25) is 9.10 Å². The summed E-state index contributed by atoms with van der Waals surface area (Å²) in [5, 5.41) is 2.77. The quantitative estimate of drug-likeness (QED) is 0.589. The van der Waals surface area contributed by atoms with Crippen LogP contribution in [0.1, 0.15) is 12.5 Å². The number of sulfonamides is 1. The molecule has 3 aromatic carbocycles. The van der Waals surface area contributed by atoms with Crippen LogP contribution in [0.25, 0.3) is 0 Å². The summed E-state index contributed by atoms with van der Waals surface area (Å²) in [6, 6.07) is 20.4. The monoisotopic (exact) mass is 452 g/mol. The van der Waals surface area contributed by atoms with E-state index in [0.717, 1.165) is 9.87 Å². The molecule has 3 aromatic rings. The molecule has 166 valence electrons. The first-order valence-corrected chi connectivity index (χ1v) is 11.8. The van der Waals surface area contributed by atoms with Gasteiger partial charge in [0.15, 0.2) is 11.5 Å². The van der Waals surface area contributed by atoms with Gasteiger partial charge in [0.2, 0.25) is 5.91 Å². The van der Waals surface area contributed by atoms with Gasteiger partial charge in [-0.15, -0.1) is 0 Å². The Labute approximate surface area is 187 Å². The summed E-state index contributed by atoms with van der Waals surface area (Å²) in [6.45, 7) is 2.48. The third-order valence-corrected chi connectivity index (χ3v) is 6.86. The second-order valence-electron chi connectivity index (χ2n) is 7.21. The Balaban J connectivity index is 1.64. The van der Waals surface area contributed by atoms with Gasteiger partial charge in [0.05, 0.1) is 10.6 Å². The van der Waals surface area contributed by atoms with E-state index in [1.807, 2.05) is 19.1 Å². The van der Waals surface area contributed by atoms with Crippen LogP contribution in [0.3, 0.4) is 0 Å². The van der Waals surface area contributed by atoms with Crippen molar-refractivity contribution in [2.45, 2.75) is 18.2 Å². The predicted octanol–water partition coefficient (Wildman–Crippen LogP) is 3.85. The largest absolute Gasteiger partial charge is 0.486 e. The molecule has 0 radical (unpaired) electrons. The highest BCUT2D eigenvalue weighted by Gasteiger charge is 2.28. The fourth-order valence-corrected chi connectivity index (χ4v) is 5.00. The van der Waals surface area contributed by atoms with Crippen molar-refractivity contribution in [3.63, 3.8) is 0 Å². The van der Waals surface area contributed by atoms with Crippen LogP contribution in [-0.2, 0) is 21.2 Å². The molecule has 0 aromatic heterocycles. The lowest BCUT2D eigenvalue weighted by atomic mass is 10.1. The Morgan fingerprint density at radius 1 is 0.938 bits per heavy atom. The fraction of sp³-hybridized carbons (Fsp3) is 0.208. The van der Waals surface area contributed by atoms with Crippen LogP contribution in [0.15, 0.2) is 77.7 Å². The van der Waals surface area contributed by atoms with E-state index in [1.165, 1.54) is 12.1 Å². The zero-order chi connectivity index (χ0) is 22.6. The van der Waals surface area contributed by atoms with E-state index in [9.17, 15) is 13.2 Å². The van der Waals surface area contributed by atoms with Gasteiger partial charge in [0, 0.05) is 11.8 Å². The minimum atomic E-state index is -3.96. The van der Waals surface area contributed by atoms with Gasteiger partial charge in [-0.1, -0.05) is 43.3 Å². The third kappa shape index (κ3) is 4.55. The molecular weight excluding hydrogens is 428 g/mol. The second-order valence-corrected chi connectivity index (χ2v) is 9.08. The summed E-state index contributed by atoms with van der Waals surface area (Å²) >= 11 is 0. The summed E-state index contributed by atoms with van der Waals surface area (Å²) in [7, 11) is -3.96. The van der Waals surface area contributed by atoms with Gasteiger partial charge in [-0.25, -0.2) is 8.42 Å². The number of nitrogens with one attached hydrogen (secondary N) is 1. The number of amides is 1. The molecule has 7 nitrogen and oxygen atoms in total. The van der Waals surface area contributed by atoms with E-state index >= 15 is 0 Å². The summed E-state index contributed by atoms with van der Waals surface area (Å²) in [5.74, 6) is 0.686. The average molecular weight is 453 g/mol. The number of fused-ring (bicyclic) bond motifs is 1. The molecule has 1 aliphatic rings. The summed E-state index contributed by atoms with van der Waals surface area (Å²) in [5.41, 5.74) is 1.82. The van der Waals surface area contributed by atoms with Crippen LogP contribution in [-0.4, -0.2) is 34.1 Å². The Morgan fingerprint density at radius 3 is 2.38 bits per heavy atom. The molecule has 0 unspecified atom stereocenters. The van der Waals surface area contributed by atoms with Gasteiger partial charge >= 0.3 is 0 Å². The van der Waals surface area contributed by atoms with E-state index in [2.05, 4.69) is 5.32 Å². The molecule has 0 aliphatic carbocycles. The number of benzene rings is 3. The highest BCUT2D eigenvalue weighted by molar-refractivity contribution is 7.92. The molecule has 0 fully saturated rings. The van der Waals surface area contributed by atoms with Crippen LogP contribution in [0.4, 0.5) is 11.4 Å². The maximum atomic E-state index is 13.5. The zero-order valence-electron chi connectivity index (χ0n) is 17.7. The molecule has 0 saturated carbocycles. The minimum Gasteiger partial charge on any atom is -0.486 e. The predicted molar refractivity (Wildman–Crippen MR) is 123 cm³/mol. The molecule has 1 heterocycles. The molecule has 1 aliphatic heterocycles. The Hall–Kier alpha value is -3.52. The van der Waals surface area contributed by atoms with E-state index in [1.54, 1.807) is 48.5 Å². The maximum absolute atomic E-state index is 13.5. The minimum absolute atomic E-state index is 0.123. The highest BCUT2D eigenvalue weighted by atomic mass is 32.2. The highest BCUT2D eigenvalue weighted by Crippen LogP contribution is 2.33. The van der Waals surface area contributed by atoms with Crippen molar-refractivity contribution in [3.8, 4) is 11.5 Å². The summed E-state index contributed by atoms with van der Waals surface area (Å²) in [4.78, 5) is 13.1. The van der Waals surface area contributed by atoms with Crippen LogP contribution in [0, 0.1) is 0 Å². The Bertz CT molecular complexity index is 1210. The van der Waals surface area contributed by atoms with Crippen LogP contribution in [0.5, 0.6) is 11.5 Å². The molecule has 1 amide bonds.